The Kier molecular flexibility index (Phi) is 3.55. The van der Waals surface area contributed by atoms with Crippen LogP contribution in [-0.4, -0.2) is 21.6 Å². The third-order valence-electron chi connectivity index (χ3n) is 3.46. The molecule has 21 heavy (non-hydrogen) atoms. The van der Waals surface area contributed by atoms with Crippen molar-refractivity contribution in [3.63, 3.8) is 0 Å². The number of rotatable bonds is 3. The molecule has 3 aromatic rings. The maximum absolute atomic E-state index is 6.30. The van der Waals surface area contributed by atoms with E-state index in [9.17, 15) is 0 Å². The zero-order valence-corrected chi connectivity index (χ0v) is 12.9. The van der Waals surface area contributed by atoms with E-state index in [2.05, 4.69) is 9.97 Å². The summed E-state index contributed by atoms with van der Waals surface area (Å²) in [4.78, 5) is 9.14. The number of pyridine rings is 1. The molecule has 4 nitrogen and oxygen atoms in total. The summed E-state index contributed by atoms with van der Waals surface area (Å²) in [6.45, 7) is 3.94. The van der Waals surface area contributed by atoms with E-state index < -0.39 is 0 Å². The van der Waals surface area contributed by atoms with Crippen LogP contribution in [0.5, 0.6) is 5.75 Å². The van der Waals surface area contributed by atoms with E-state index in [0.29, 0.717) is 0 Å². The first kappa shape index (κ1) is 13.9. The van der Waals surface area contributed by atoms with Crippen molar-refractivity contribution in [1.82, 2.24) is 14.5 Å². The Balaban J connectivity index is 2.28. The van der Waals surface area contributed by atoms with Crippen molar-refractivity contribution < 1.29 is 4.74 Å². The van der Waals surface area contributed by atoms with E-state index >= 15 is 0 Å². The zero-order chi connectivity index (χ0) is 15.0. The normalized spacial score (nSPS) is 12.6. The van der Waals surface area contributed by atoms with E-state index in [-0.39, 0.29) is 5.38 Å². The number of hydrogen-bond acceptors (Lipinski definition) is 3. The van der Waals surface area contributed by atoms with Gasteiger partial charge in [0.1, 0.15) is 17.1 Å². The molecule has 0 aliphatic rings. The molecule has 0 N–H and O–H groups in total. The zero-order valence-electron chi connectivity index (χ0n) is 12.2. The number of aryl methyl sites for hydroxylation is 1. The second-order valence-electron chi connectivity index (χ2n) is 4.92. The number of nitrogens with zero attached hydrogens (tertiary/aromatic N) is 3. The van der Waals surface area contributed by atoms with Crippen LogP contribution in [0.3, 0.4) is 0 Å². The number of benzene rings is 1. The molecule has 0 aliphatic heterocycles. The van der Waals surface area contributed by atoms with Crippen LogP contribution in [0, 0.1) is 6.92 Å². The molecule has 0 spiro atoms. The summed E-state index contributed by atoms with van der Waals surface area (Å²) >= 11 is 6.30. The molecule has 1 aromatic carbocycles. The lowest BCUT2D eigenvalue weighted by molar-refractivity contribution is 0.414. The smallest absolute Gasteiger partial charge is 0.164 e. The first-order valence-electron chi connectivity index (χ1n) is 6.74. The predicted molar refractivity (Wildman–Crippen MR) is 84.4 cm³/mol. The van der Waals surface area contributed by atoms with Crippen LogP contribution in [-0.2, 0) is 0 Å². The van der Waals surface area contributed by atoms with Gasteiger partial charge in [-0.3, -0.25) is 4.57 Å². The number of halogens is 1. The highest BCUT2D eigenvalue weighted by Gasteiger charge is 2.18. The molecule has 108 valence electrons. The number of methoxy groups -OCH3 is 1. The predicted octanol–water partition coefficient (Wildman–Crippen LogP) is 4.04. The van der Waals surface area contributed by atoms with Crippen molar-refractivity contribution >= 4 is 22.8 Å². The molecule has 0 fully saturated rings. The van der Waals surface area contributed by atoms with Crippen LogP contribution in [0.15, 0.2) is 36.5 Å². The second-order valence-corrected chi connectivity index (χ2v) is 5.57. The van der Waals surface area contributed by atoms with E-state index in [1.807, 2.05) is 48.7 Å². The second kappa shape index (κ2) is 5.37. The third-order valence-corrected chi connectivity index (χ3v) is 3.66. The average molecular weight is 302 g/mol. The number of hydrogen-bond donors (Lipinski definition) is 0. The molecule has 2 heterocycles. The van der Waals surface area contributed by atoms with Crippen LogP contribution in [0.4, 0.5) is 0 Å². The topological polar surface area (TPSA) is 39.9 Å². The van der Waals surface area contributed by atoms with Gasteiger partial charge in [-0.05, 0) is 49.7 Å². The fraction of sp³-hybridized carbons (Fsp3) is 0.250. The molecule has 0 aliphatic carbocycles. The fourth-order valence-corrected chi connectivity index (χ4v) is 2.51. The maximum atomic E-state index is 6.30. The van der Waals surface area contributed by atoms with Gasteiger partial charge >= 0.3 is 0 Å². The summed E-state index contributed by atoms with van der Waals surface area (Å²) in [6, 6.07) is 9.75. The fourth-order valence-electron chi connectivity index (χ4n) is 2.36. The summed E-state index contributed by atoms with van der Waals surface area (Å²) in [6.07, 6.45) is 1.79. The molecule has 5 heteroatoms. The van der Waals surface area contributed by atoms with Crippen LogP contribution in [0.2, 0.25) is 0 Å². The van der Waals surface area contributed by atoms with E-state index in [0.717, 1.165) is 34.0 Å². The summed E-state index contributed by atoms with van der Waals surface area (Å²) in [5.41, 5.74) is 3.77. The molecule has 0 saturated heterocycles. The van der Waals surface area contributed by atoms with Gasteiger partial charge in [0.2, 0.25) is 0 Å². The minimum Gasteiger partial charge on any atom is -0.497 e. The lowest BCUT2D eigenvalue weighted by Crippen LogP contribution is -2.02. The highest BCUT2D eigenvalue weighted by molar-refractivity contribution is 6.20. The van der Waals surface area contributed by atoms with Gasteiger partial charge in [0, 0.05) is 11.9 Å². The summed E-state index contributed by atoms with van der Waals surface area (Å²) in [5.74, 6) is 1.60. The van der Waals surface area contributed by atoms with E-state index in [1.54, 1.807) is 13.3 Å². The third kappa shape index (κ3) is 2.36. The maximum Gasteiger partial charge on any atom is 0.164 e. The molecule has 0 radical (unpaired) electrons. The van der Waals surface area contributed by atoms with E-state index in [1.165, 1.54) is 0 Å². The summed E-state index contributed by atoms with van der Waals surface area (Å²) < 4.78 is 7.20. The minimum atomic E-state index is -0.208. The van der Waals surface area contributed by atoms with Gasteiger partial charge in [-0.25, -0.2) is 9.97 Å². The Labute approximate surface area is 128 Å². The van der Waals surface area contributed by atoms with Crippen molar-refractivity contribution in [3.05, 3.63) is 47.9 Å². The Morgan fingerprint density at radius 2 is 1.90 bits per heavy atom. The average Bonchev–Trinajstić information content (AvgIpc) is 2.88. The number of alkyl halides is 1. The monoisotopic (exact) mass is 301 g/mol. The first-order chi connectivity index (χ1) is 10.1. The standard InChI is InChI=1S/C16H16ClN3O/c1-10-8-9-18-16-14(10)19-15(11(2)17)20(16)12-4-6-13(21-3)7-5-12/h4-9,11H,1-3H3. The van der Waals surface area contributed by atoms with Crippen molar-refractivity contribution in [3.8, 4) is 11.4 Å². The van der Waals surface area contributed by atoms with Crippen molar-refractivity contribution in [2.75, 3.05) is 7.11 Å². The number of imidazole rings is 1. The van der Waals surface area contributed by atoms with Crippen molar-refractivity contribution in [2.45, 2.75) is 19.2 Å². The molecule has 0 amide bonds. The van der Waals surface area contributed by atoms with E-state index in [4.69, 9.17) is 16.3 Å². The molecular weight excluding hydrogens is 286 g/mol. The Hall–Kier alpha value is -2.07. The number of aromatic nitrogens is 3. The van der Waals surface area contributed by atoms with Crippen LogP contribution in [0.1, 0.15) is 23.7 Å². The van der Waals surface area contributed by atoms with Gasteiger partial charge < -0.3 is 4.74 Å². The SMILES string of the molecule is COc1ccc(-n2c(C(C)Cl)nc3c(C)ccnc32)cc1. The van der Waals surface area contributed by atoms with Gasteiger partial charge in [-0.2, -0.15) is 0 Å². The van der Waals surface area contributed by atoms with Gasteiger partial charge in [0.15, 0.2) is 5.65 Å². The van der Waals surface area contributed by atoms with Crippen LogP contribution >= 0.6 is 11.6 Å². The number of fused-ring (bicyclic) bond motifs is 1. The quantitative estimate of drug-likeness (QED) is 0.686. The van der Waals surface area contributed by atoms with Gasteiger partial charge in [-0.1, -0.05) is 0 Å². The molecule has 1 atom stereocenters. The first-order valence-corrected chi connectivity index (χ1v) is 7.18. The summed E-state index contributed by atoms with van der Waals surface area (Å²) in [5, 5.41) is -0.208. The molecular formula is C16H16ClN3O. The number of ether oxygens (including phenoxy) is 1. The largest absolute Gasteiger partial charge is 0.497 e. The van der Waals surface area contributed by atoms with Gasteiger partial charge in [-0.15, -0.1) is 11.6 Å². The van der Waals surface area contributed by atoms with Gasteiger partial charge in [0.05, 0.1) is 12.5 Å². The Morgan fingerprint density at radius 1 is 1.19 bits per heavy atom. The lowest BCUT2D eigenvalue weighted by Gasteiger charge is -2.10. The lowest BCUT2D eigenvalue weighted by atomic mass is 10.2. The van der Waals surface area contributed by atoms with Gasteiger partial charge in [0.25, 0.3) is 0 Å². The van der Waals surface area contributed by atoms with Crippen molar-refractivity contribution in [2.24, 2.45) is 0 Å². The molecule has 1 unspecified atom stereocenters. The van der Waals surface area contributed by atoms with Crippen LogP contribution < -0.4 is 4.74 Å². The van der Waals surface area contributed by atoms with Crippen LogP contribution in [0.25, 0.3) is 16.9 Å². The Morgan fingerprint density at radius 3 is 2.52 bits per heavy atom. The Bertz CT molecular complexity index is 778. The molecule has 0 saturated carbocycles. The molecule has 2 aromatic heterocycles. The van der Waals surface area contributed by atoms with Crippen molar-refractivity contribution in [1.29, 1.82) is 0 Å². The highest BCUT2D eigenvalue weighted by Crippen LogP contribution is 2.29. The highest BCUT2D eigenvalue weighted by atomic mass is 35.5. The summed E-state index contributed by atoms with van der Waals surface area (Å²) in [7, 11) is 1.65. The minimum absolute atomic E-state index is 0.208. The molecule has 0 bridgehead atoms. The molecule has 3 rings (SSSR count).